The molecule has 0 aromatic heterocycles. The minimum Gasteiger partial charge on any atom is -0.399 e. The third kappa shape index (κ3) is 3.14. The molecule has 1 aromatic rings. The molecule has 4 heteroatoms. The zero-order valence-electron chi connectivity index (χ0n) is 9.11. The van der Waals surface area contributed by atoms with Gasteiger partial charge in [0, 0.05) is 17.3 Å². The Morgan fingerprint density at radius 2 is 2.00 bits per heavy atom. The molecule has 3 N–H and O–H groups in total. The lowest BCUT2D eigenvalue weighted by molar-refractivity contribution is 0.0938. The van der Waals surface area contributed by atoms with Gasteiger partial charge in [-0.05, 0) is 31.0 Å². The lowest BCUT2D eigenvalue weighted by Crippen LogP contribution is -2.32. The van der Waals surface area contributed by atoms with Crippen LogP contribution in [0, 0.1) is 0 Å². The maximum atomic E-state index is 11.8. The maximum Gasteiger partial charge on any atom is 0.251 e. The molecule has 0 heterocycles. The van der Waals surface area contributed by atoms with Gasteiger partial charge in [-0.3, -0.25) is 4.79 Å². The van der Waals surface area contributed by atoms with Crippen LogP contribution in [0.5, 0.6) is 0 Å². The van der Waals surface area contributed by atoms with E-state index in [-0.39, 0.29) is 18.3 Å². The number of rotatable bonds is 2. The van der Waals surface area contributed by atoms with E-state index < -0.39 is 0 Å². The van der Waals surface area contributed by atoms with Crippen molar-refractivity contribution in [2.24, 2.45) is 0 Å². The van der Waals surface area contributed by atoms with E-state index in [2.05, 4.69) is 5.32 Å². The van der Waals surface area contributed by atoms with E-state index in [4.69, 9.17) is 5.73 Å². The topological polar surface area (TPSA) is 55.1 Å². The van der Waals surface area contributed by atoms with Crippen LogP contribution in [-0.2, 0) is 0 Å². The quantitative estimate of drug-likeness (QED) is 0.780. The van der Waals surface area contributed by atoms with E-state index in [0.717, 1.165) is 12.8 Å². The molecule has 0 bridgehead atoms. The minimum absolute atomic E-state index is 0. The van der Waals surface area contributed by atoms with Crippen LogP contribution < -0.4 is 11.1 Å². The van der Waals surface area contributed by atoms with Crippen LogP contribution in [0.3, 0.4) is 0 Å². The third-order valence-corrected chi connectivity index (χ3v) is 2.84. The molecule has 2 rings (SSSR count). The van der Waals surface area contributed by atoms with Gasteiger partial charge in [0.25, 0.3) is 5.91 Å². The summed E-state index contributed by atoms with van der Waals surface area (Å²) < 4.78 is 0. The van der Waals surface area contributed by atoms with E-state index in [1.807, 2.05) is 0 Å². The average molecular weight is 241 g/mol. The van der Waals surface area contributed by atoms with Gasteiger partial charge in [0.15, 0.2) is 0 Å². The molecule has 1 aliphatic carbocycles. The standard InChI is InChI=1S/C12H16N2O.ClH/c13-10-5-3-4-9(8-10)12(15)14-11-6-1-2-7-11;/h3-5,8,11H,1-2,6-7,13H2,(H,14,15);1H. The highest BCUT2D eigenvalue weighted by Crippen LogP contribution is 2.18. The Morgan fingerprint density at radius 1 is 1.31 bits per heavy atom. The van der Waals surface area contributed by atoms with Crippen LogP contribution in [0.4, 0.5) is 5.69 Å². The summed E-state index contributed by atoms with van der Waals surface area (Å²) in [4.78, 5) is 11.8. The molecule has 88 valence electrons. The Kier molecular flexibility index (Phi) is 4.62. The Morgan fingerprint density at radius 3 is 2.62 bits per heavy atom. The number of hydrogen-bond acceptors (Lipinski definition) is 2. The zero-order valence-corrected chi connectivity index (χ0v) is 9.93. The summed E-state index contributed by atoms with van der Waals surface area (Å²) in [5.74, 6) is -0.00537. The number of hydrogen-bond donors (Lipinski definition) is 2. The van der Waals surface area contributed by atoms with Crippen molar-refractivity contribution in [1.82, 2.24) is 5.32 Å². The fourth-order valence-corrected chi connectivity index (χ4v) is 2.02. The molecular weight excluding hydrogens is 224 g/mol. The summed E-state index contributed by atoms with van der Waals surface area (Å²) >= 11 is 0. The van der Waals surface area contributed by atoms with Gasteiger partial charge < -0.3 is 11.1 Å². The van der Waals surface area contributed by atoms with Crippen molar-refractivity contribution in [2.45, 2.75) is 31.7 Å². The molecule has 3 nitrogen and oxygen atoms in total. The SMILES string of the molecule is Cl.Nc1cccc(C(=O)NC2CCCC2)c1. The van der Waals surface area contributed by atoms with Gasteiger partial charge in [0.2, 0.25) is 0 Å². The number of amides is 1. The number of carbonyl (C=O) groups is 1. The van der Waals surface area contributed by atoms with Gasteiger partial charge in [0.05, 0.1) is 0 Å². The van der Waals surface area contributed by atoms with Crippen molar-refractivity contribution >= 4 is 24.0 Å². The third-order valence-electron chi connectivity index (χ3n) is 2.84. The van der Waals surface area contributed by atoms with Gasteiger partial charge in [-0.15, -0.1) is 12.4 Å². The van der Waals surface area contributed by atoms with Crippen LogP contribution >= 0.6 is 12.4 Å². The molecule has 0 unspecified atom stereocenters. The molecule has 1 fully saturated rings. The van der Waals surface area contributed by atoms with Gasteiger partial charge in [-0.1, -0.05) is 18.9 Å². The second-order valence-electron chi connectivity index (χ2n) is 4.08. The zero-order chi connectivity index (χ0) is 10.7. The highest BCUT2D eigenvalue weighted by molar-refractivity contribution is 5.95. The first-order valence-electron chi connectivity index (χ1n) is 5.42. The predicted octanol–water partition coefficient (Wildman–Crippen LogP) is 2.36. The first kappa shape index (κ1) is 12.8. The van der Waals surface area contributed by atoms with Crippen molar-refractivity contribution in [2.75, 3.05) is 5.73 Å². The van der Waals surface area contributed by atoms with E-state index in [0.29, 0.717) is 17.3 Å². The first-order valence-corrected chi connectivity index (χ1v) is 5.42. The number of benzene rings is 1. The van der Waals surface area contributed by atoms with Crippen LogP contribution in [-0.4, -0.2) is 11.9 Å². The summed E-state index contributed by atoms with van der Waals surface area (Å²) in [7, 11) is 0. The van der Waals surface area contributed by atoms with Crippen molar-refractivity contribution < 1.29 is 4.79 Å². The Hall–Kier alpha value is -1.22. The van der Waals surface area contributed by atoms with Gasteiger partial charge in [0.1, 0.15) is 0 Å². The highest BCUT2D eigenvalue weighted by atomic mass is 35.5. The smallest absolute Gasteiger partial charge is 0.251 e. The highest BCUT2D eigenvalue weighted by Gasteiger charge is 2.17. The lowest BCUT2D eigenvalue weighted by atomic mass is 10.1. The minimum atomic E-state index is -0.00537. The summed E-state index contributed by atoms with van der Waals surface area (Å²) in [6.45, 7) is 0. The predicted molar refractivity (Wildman–Crippen MR) is 67.8 cm³/mol. The molecule has 0 radical (unpaired) electrons. The molecule has 0 saturated heterocycles. The largest absolute Gasteiger partial charge is 0.399 e. The van der Waals surface area contributed by atoms with E-state index in [1.165, 1.54) is 12.8 Å². The maximum absolute atomic E-state index is 11.8. The molecular formula is C12H17ClN2O. The number of halogens is 1. The Labute approximate surface area is 102 Å². The van der Waals surface area contributed by atoms with Crippen molar-refractivity contribution in [1.29, 1.82) is 0 Å². The molecule has 1 saturated carbocycles. The lowest BCUT2D eigenvalue weighted by Gasteiger charge is -2.11. The summed E-state index contributed by atoms with van der Waals surface area (Å²) in [6, 6.07) is 7.45. The van der Waals surface area contributed by atoms with Gasteiger partial charge in [-0.25, -0.2) is 0 Å². The second-order valence-corrected chi connectivity index (χ2v) is 4.08. The fraction of sp³-hybridized carbons (Fsp3) is 0.417. The molecule has 1 aliphatic rings. The Balaban J connectivity index is 0.00000128. The monoisotopic (exact) mass is 240 g/mol. The number of nitrogens with one attached hydrogen (secondary N) is 1. The van der Waals surface area contributed by atoms with Crippen LogP contribution in [0.15, 0.2) is 24.3 Å². The van der Waals surface area contributed by atoms with Crippen molar-refractivity contribution in [3.05, 3.63) is 29.8 Å². The van der Waals surface area contributed by atoms with Crippen LogP contribution in [0.2, 0.25) is 0 Å². The van der Waals surface area contributed by atoms with Crippen molar-refractivity contribution in [3.63, 3.8) is 0 Å². The number of nitrogen functional groups attached to an aromatic ring is 1. The number of anilines is 1. The summed E-state index contributed by atoms with van der Waals surface area (Å²) in [5, 5.41) is 3.03. The fourth-order valence-electron chi connectivity index (χ4n) is 2.02. The summed E-state index contributed by atoms with van der Waals surface area (Å²) in [6.07, 6.45) is 4.66. The molecule has 0 aliphatic heterocycles. The number of nitrogens with two attached hydrogens (primary N) is 1. The number of carbonyl (C=O) groups excluding carboxylic acids is 1. The van der Waals surface area contributed by atoms with E-state index in [9.17, 15) is 4.79 Å². The van der Waals surface area contributed by atoms with Gasteiger partial charge >= 0.3 is 0 Å². The molecule has 0 spiro atoms. The second kappa shape index (κ2) is 5.75. The van der Waals surface area contributed by atoms with E-state index >= 15 is 0 Å². The summed E-state index contributed by atoms with van der Waals surface area (Å²) in [5.41, 5.74) is 6.91. The molecule has 1 aromatic carbocycles. The first-order chi connectivity index (χ1) is 7.25. The van der Waals surface area contributed by atoms with Crippen molar-refractivity contribution in [3.8, 4) is 0 Å². The molecule has 1 amide bonds. The normalized spacial score (nSPS) is 15.5. The van der Waals surface area contributed by atoms with Crippen LogP contribution in [0.25, 0.3) is 0 Å². The van der Waals surface area contributed by atoms with E-state index in [1.54, 1.807) is 24.3 Å². The average Bonchev–Trinajstić information content (AvgIpc) is 2.70. The van der Waals surface area contributed by atoms with Gasteiger partial charge in [-0.2, -0.15) is 0 Å². The van der Waals surface area contributed by atoms with Crippen LogP contribution in [0.1, 0.15) is 36.0 Å². The molecule has 0 atom stereocenters. The molecule has 16 heavy (non-hydrogen) atoms. The Bertz CT molecular complexity index is 362.